The summed E-state index contributed by atoms with van der Waals surface area (Å²) in [5.74, 6) is 0.139. The molecule has 16 heavy (non-hydrogen) atoms. The van der Waals surface area contributed by atoms with E-state index in [-0.39, 0.29) is 5.91 Å². The zero-order chi connectivity index (χ0) is 12.0. The smallest absolute Gasteiger partial charge is 0.222 e. The Kier molecular flexibility index (Phi) is 5.22. The van der Waals surface area contributed by atoms with Crippen LogP contribution in [0.3, 0.4) is 0 Å². The Morgan fingerprint density at radius 3 is 2.94 bits per heavy atom. The second kappa shape index (κ2) is 6.21. The molecular weight excluding hydrogens is 206 g/mol. The van der Waals surface area contributed by atoms with Crippen LogP contribution in [-0.4, -0.2) is 47.8 Å². The number of ether oxygens (including phenoxy) is 1. The molecule has 0 bridgehead atoms. The molecule has 1 heterocycles. The fourth-order valence-electron chi connectivity index (χ4n) is 2.06. The third-order valence-electron chi connectivity index (χ3n) is 2.91. The molecule has 1 aliphatic rings. The van der Waals surface area contributed by atoms with Gasteiger partial charge in [0, 0.05) is 32.7 Å². The Morgan fingerprint density at radius 1 is 1.56 bits per heavy atom. The van der Waals surface area contributed by atoms with Crippen molar-refractivity contribution in [1.29, 1.82) is 0 Å². The molecule has 0 aromatic heterocycles. The zero-order valence-corrected chi connectivity index (χ0v) is 10.4. The van der Waals surface area contributed by atoms with Gasteiger partial charge < -0.3 is 14.7 Å². The standard InChI is InChI=1S/C12H23NO3/c1-3-16-9-4-6-11(14)13-8-5-7-12(2,15)10-13/h15H,3-10H2,1-2H3. The van der Waals surface area contributed by atoms with Crippen LogP contribution in [-0.2, 0) is 9.53 Å². The first kappa shape index (κ1) is 13.5. The van der Waals surface area contributed by atoms with Crippen LogP contribution < -0.4 is 0 Å². The van der Waals surface area contributed by atoms with Gasteiger partial charge in [-0.15, -0.1) is 0 Å². The number of carbonyl (C=O) groups is 1. The number of carbonyl (C=O) groups excluding carboxylic acids is 1. The van der Waals surface area contributed by atoms with Gasteiger partial charge in [0.05, 0.1) is 5.60 Å². The van der Waals surface area contributed by atoms with Crippen LogP contribution in [0.25, 0.3) is 0 Å². The fraction of sp³-hybridized carbons (Fsp3) is 0.917. The van der Waals surface area contributed by atoms with Gasteiger partial charge in [0.25, 0.3) is 0 Å². The first-order chi connectivity index (χ1) is 7.55. The molecule has 1 fully saturated rings. The predicted molar refractivity (Wildman–Crippen MR) is 62.2 cm³/mol. The number of rotatable bonds is 5. The summed E-state index contributed by atoms with van der Waals surface area (Å²) in [7, 11) is 0. The Morgan fingerprint density at radius 2 is 2.31 bits per heavy atom. The summed E-state index contributed by atoms with van der Waals surface area (Å²) in [6.07, 6.45) is 2.97. The third-order valence-corrected chi connectivity index (χ3v) is 2.91. The van der Waals surface area contributed by atoms with E-state index in [4.69, 9.17) is 4.74 Å². The number of hydrogen-bond donors (Lipinski definition) is 1. The van der Waals surface area contributed by atoms with Gasteiger partial charge in [0.2, 0.25) is 5.91 Å². The van der Waals surface area contributed by atoms with Crippen molar-refractivity contribution in [3.63, 3.8) is 0 Å². The number of hydrogen-bond acceptors (Lipinski definition) is 3. The lowest BCUT2D eigenvalue weighted by Crippen LogP contribution is -2.48. The van der Waals surface area contributed by atoms with E-state index in [0.29, 0.717) is 26.2 Å². The van der Waals surface area contributed by atoms with Crippen LogP contribution in [0.1, 0.15) is 39.5 Å². The molecule has 1 amide bonds. The van der Waals surface area contributed by atoms with E-state index in [1.165, 1.54) is 0 Å². The van der Waals surface area contributed by atoms with Gasteiger partial charge in [-0.1, -0.05) is 0 Å². The van der Waals surface area contributed by atoms with Crippen molar-refractivity contribution in [2.24, 2.45) is 0 Å². The van der Waals surface area contributed by atoms with Crippen molar-refractivity contribution in [2.75, 3.05) is 26.3 Å². The lowest BCUT2D eigenvalue weighted by atomic mass is 9.95. The molecule has 0 aromatic carbocycles. The summed E-state index contributed by atoms with van der Waals surface area (Å²) in [5.41, 5.74) is -0.701. The first-order valence-electron chi connectivity index (χ1n) is 6.13. The van der Waals surface area contributed by atoms with Crippen molar-refractivity contribution < 1.29 is 14.6 Å². The van der Waals surface area contributed by atoms with Crippen molar-refractivity contribution in [1.82, 2.24) is 4.90 Å². The highest BCUT2D eigenvalue weighted by Crippen LogP contribution is 2.20. The highest BCUT2D eigenvalue weighted by molar-refractivity contribution is 5.76. The summed E-state index contributed by atoms with van der Waals surface area (Å²) < 4.78 is 5.19. The lowest BCUT2D eigenvalue weighted by Gasteiger charge is -2.36. The van der Waals surface area contributed by atoms with Gasteiger partial charge in [-0.2, -0.15) is 0 Å². The van der Waals surface area contributed by atoms with Crippen LogP contribution in [0.5, 0.6) is 0 Å². The van der Waals surface area contributed by atoms with E-state index < -0.39 is 5.60 Å². The number of likely N-dealkylation sites (tertiary alicyclic amines) is 1. The maximum atomic E-state index is 11.8. The molecule has 0 spiro atoms. The molecule has 1 aliphatic heterocycles. The van der Waals surface area contributed by atoms with Gasteiger partial charge in [0.1, 0.15) is 0 Å². The maximum Gasteiger partial charge on any atom is 0.222 e. The number of β-amino-alcohol motifs (C(OH)–C–C–N with tert-alkyl or cyclic N) is 1. The third kappa shape index (κ3) is 4.49. The number of nitrogens with zero attached hydrogens (tertiary/aromatic N) is 1. The SMILES string of the molecule is CCOCCCC(=O)N1CCCC(C)(O)C1. The van der Waals surface area contributed by atoms with Crippen molar-refractivity contribution in [2.45, 2.75) is 45.1 Å². The van der Waals surface area contributed by atoms with E-state index in [0.717, 1.165) is 25.8 Å². The Balaban J connectivity index is 2.25. The normalized spacial score (nSPS) is 25.8. The molecule has 0 aromatic rings. The molecule has 0 radical (unpaired) electrons. The van der Waals surface area contributed by atoms with E-state index in [1.54, 1.807) is 11.8 Å². The monoisotopic (exact) mass is 229 g/mol. The topological polar surface area (TPSA) is 49.8 Å². The van der Waals surface area contributed by atoms with Crippen molar-refractivity contribution in [3.05, 3.63) is 0 Å². The molecule has 0 saturated carbocycles. The molecular formula is C12H23NO3. The predicted octanol–water partition coefficient (Wildman–Crippen LogP) is 1.18. The van der Waals surface area contributed by atoms with E-state index in [2.05, 4.69) is 0 Å². The molecule has 1 atom stereocenters. The fourth-order valence-corrected chi connectivity index (χ4v) is 2.06. The number of aliphatic hydroxyl groups is 1. The Hall–Kier alpha value is -0.610. The molecule has 1 saturated heterocycles. The number of piperidine rings is 1. The quantitative estimate of drug-likeness (QED) is 0.720. The van der Waals surface area contributed by atoms with Crippen molar-refractivity contribution >= 4 is 5.91 Å². The molecule has 1 unspecified atom stereocenters. The average Bonchev–Trinajstić information content (AvgIpc) is 2.22. The molecule has 4 heteroatoms. The highest BCUT2D eigenvalue weighted by atomic mass is 16.5. The summed E-state index contributed by atoms with van der Waals surface area (Å²) in [4.78, 5) is 13.6. The lowest BCUT2D eigenvalue weighted by molar-refractivity contribution is -0.137. The van der Waals surface area contributed by atoms with E-state index in [1.807, 2.05) is 6.92 Å². The molecule has 94 valence electrons. The Labute approximate surface area is 97.6 Å². The molecule has 4 nitrogen and oxygen atoms in total. The first-order valence-corrected chi connectivity index (χ1v) is 6.13. The molecule has 1 rings (SSSR count). The zero-order valence-electron chi connectivity index (χ0n) is 10.4. The van der Waals surface area contributed by atoms with Crippen LogP contribution in [0, 0.1) is 0 Å². The number of amides is 1. The minimum Gasteiger partial charge on any atom is -0.388 e. The minimum atomic E-state index is -0.701. The minimum absolute atomic E-state index is 0.139. The summed E-state index contributed by atoms with van der Waals surface area (Å²) in [6, 6.07) is 0. The summed E-state index contributed by atoms with van der Waals surface area (Å²) in [6.45, 7) is 6.35. The summed E-state index contributed by atoms with van der Waals surface area (Å²) in [5, 5.41) is 9.88. The van der Waals surface area contributed by atoms with Crippen molar-refractivity contribution in [3.8, 4) is 0 Å². The molecule has 1 N–H and O–H groups in total. The Bertz CT molecular complexity index is 228. The van der Waals surface area contributed by atoms with Crippen LogP contribution in [0.2, 0.25) is 0 Å². The van der Waals surface area contributed by atoms with E-state index >= 15 is 0 Å². The van der Waals surface area contributed by atoms with Crippen LogP contribution in [0.15, 0.2) is 0 Å². The highest BCUT2D eigenvalue weighted by Gasteiger charge is 2.30. The largest absolute Gasteiger partial charge is 0.388 e. The van der Waals surface area contributed by atoms with Gasteiger partial charge in [-0.3, -0.25) is 4.79 Å². The van der Waals surface area contributed by atoms with Gasteiger partial charge >= 0.3 is 0 Å². The second-order valence-corrected chi connectivity index (χ2v) is 4.72. The second-order valence-electron chi connectivity index (χ2n) is 4.72. The maximum absolute atomic E-state index is 11.8. The van der Waals surface area contributed by atoms with E-state index in [9.17, 15) is 9.90 Å². The van der Waals surface area contributed by atoms with Gasteiger partial charge in [-0.05, 0) is 33.1 Å². The average molecular weight is 229 g/mol. The van der Waals surface area contributed by atoms with Crippen LogP contribution >= 0.6 is 0 Å². The summed E-state index contributed by atoms with van der Waals surface area (Å²) >= 11 is 0. The van der Waals surface area contributed by atoms with Gasteiger partial charge in [-0.25, -0.2) is 0 Å². The molecule has 0 aliphatic carbocycles. The van der Waals surface area contributed by atoms with Gasteiger partial charge in [0.15, 0.2) is 0 Å². The van der Waals surface area contributed by atoms with Crippen LogP contribution in [0.4, 0.5) is 0 Å².